The molecule has 0 spiro atoms. The second-order valence-electron chi connectivity index (χ2n) is 5.22. The summed E-state index contributed by atoms with van der Waals surface area (Å²) in [5, 5.41) is 8.01. The lowest BCUT2D eigenvalue weighted by Crippen LogP contribution is -2.28. The lowest BCUT2D eigenvalue weighted by atomic mass is 9.92. The Balaban J connectivity index is 1.93. The van der Waals surface area contributed by atoms with Crippen molar-refractivity contribution < 1.29 is 4.79 Å². The number of rotatable bonds is 6. The molecular weight excluding hydrogens is 262 g/mol. The van der Waals surface area contributed by atoms with Crippen molar-refractivity contribution in [2.45, 2.75) is 45.6 Å². The van der Waals surface area contributed by atoms with Gasteiger partial charge in [0.15, 0.2) is 5.78 Å². The van der Waals surface area contributed by atoms with Crippen LogP contribution in [0.2, 0.25) is 5.02 Å². The standard InChI is InChI=1S/C14H22ClN3O/c1-2-9-18-14(12(15)10-17-18)13(19)4-3-11-5-7-16-8-6-11/h10-11,16H,2-9H2,1H3. The number of nitrogens with one attached hydrogen (secondary N) is 1. The van der Waals surface area contributed by atoms with Crippen molar-refractivity contribution in [3.8, 4) is 0 Å². The minimum Gasteiger partial charge on any atom is -0.317 e. The molecule has 0 atom stereocenters. The number of ketones is 1. The Morgan fingerprint density at radius 2 is 2.26 bits per heavy atom. The molecule has 0 saturated carbocycles. The Kier molecular flexibility index (Phi) is 5.40. The number of piperidine rings is 1. The highest BCUT2D eigenvalue weighted by atomic mass is 35.5. The van der Waals surface area contributed by atoms with E-state index >= 15 is 0 Å². The fourth-order valence-electron chi connectivity index (χ4n) is 2.65. The van der Waals surface area contributed by atoms with Gasteiger partial charge in [-0.05, 0) is 44.7 Å². The molecule has 0 bridgehead atoms. The van der Waals surface area contributed by atoms with Gasteiger partial charge in [0.05, 0.1) is 11.2 Å². The zero-order valence-electron chi connectivity index (χ0n) is 11.5. The monoisotopic (exact) mass is 283 g/mol. The molecule has 1 aliphatic rings. The summed E-state index contributed by atoms with van der Waals surface area (Å²) < 4.78 is 1.74. The van der Waals surface area contributed by atoms with Gasteiger partial charge in [0.2, 0.25) is 0 Å². The summed E-state index contributed by atoms with van der Waals surface area (Å²) in [6, 6.07) is 0. The van der Waals surface area contributed by atoms with Crippen LogP contribution in [0.4, 0.5) is 0 Å². The van der Waals surface area contributed by atoms with Gasteiger partial charge in [-0.15, -0.1) is 0 Å². The van der Waals surface area contributed by atoms with Crippen LogP contribution in [0.15, 0.2) is 6.20 Å². The molecule has 1 saturated heterocycles. The molecule has 1 aromatic rings. The summed E-state index contributed by atoms with van der Waals surface area (Å²) in [5.41, 5.74) is 0.595. The molecule has 0 amide bonds. The number of hydrogen-bond donors (Lipinski definition) is 1. The maximum Gasteiger partial charge on any atom is 0.182 e. The number of carbonyl (C=O) groups excluding carboxylic acids is 1. The van der Waals surface area contributed by atoms with Crippen LogP contribution in [-0.4, -0.2) is 28.7 Å². The van der Waals surface area contributed by atoms with E-state index in [2.05, 4.69) is 17.3 Å². The highest BCUT2D eigenvalue weighted by molar-refractivity contribution is 6.33. The molecule has 4 nitrogen and oxygen atoms in total. The van der Waals surface area contributed by atoms with E-state index in [1.54, 1.807) is 10.9 Å². The molecule has 0 aliphatic carbocycles. The molecule has 106 valence electrons. The third kappa shape index (κ3) is 3.80. The van der Waals surface area contributed by atoms with Crippen LogP contribution in [0.5, 0.6) is 0 Å². The Bertz CT molecular complexity index is 424. The van der Waals surface area contributed by atoms with Gasteiger partial charge in [-0.2, -0.15) is 5.10 Å². The van der Waals surface area contributed by atoms with E-state index < -0.39 is 0 Å². The van der Waals surface area contributed by atoms with E-state index in [4.69, 9.17) is 11.6 Å². The Morgan fingerprint density at radius 1 is 1.53 bits per heavy atom. The summed E-state index contributed by atoms with van der Waals surface area (Å²) in [6.45, 7) is 4.97. The summed E-state index contributed by atoms with van der Waals surface area (Å²) in [6.07, 6.45) is 6.43. The van der Waals surface area contributed by atoms with Crippen LogP contribution >= 0.6 is 11.6 Å². The average Bonchev–Trinajstić information content (AvgIpc) is 2.79. The van der Waals surface area contributed by atoms with Gasteiger partial charge >= 0.3 is 0 Å². The maximum absolute atomic E-state index is 12.3. The molecule has 1 N–H and O–H groups in total. The predicted molar refractivity (Wildman–Crippen MR) is 76.7 cm³/mol. The Hall–Kier alpha value is -0.870. The van der Waals surface area contributed by atoms with Crippen molar-refractivity contribution in [2.75, 3.05) is 13.1 Å². The van der Waals surface area contributed by atoms with E-state index in [1.807, 2.05) is 0 Å². The van der Waals surface area contributed by atoms with Crippen molar-refractivity contribution in [2.24, 2.45) is 5.92 Å². The second kappa shape index (κ2) is 7.06. The van der Waals surface area contributed by atoms with Gasteiger partial charge in [0.1, 0.15) is 5.69 Å². The largest absolute Gasteiger partial charge is 0.317 e. The number of Topliss-reactive ketones (excluding diaryl/α,β-unsaturated/α-hetero) is 1. The number of aromatic nitrogens is 2. The number of halogens is 1. The van der Waals surface area contributed by atoms with Crippen LogP contribution in [0.1, 0.15) is 49.5 Å². The molecule has 1 fully saturated rings. The van der Waals surface area contributed by atoms with Crippen molar-refractivity contribution in [3.63, 3.8) is 0 Å². The topological polar surface area (TPSA) is 46.9 Å². The molecule has 0 aromatic carbocycles. The summed E-state index contributed by atoms with van der Waals surface area (Å²) in [4.78, 5) is 12.3. The van der Waals surface area contributed by atoms with E-state index in [0.29, 0.717) is 23.1 Å². The molecule has 1 aliphatic heterocycles. The first-order valence-corrected chi connectivity index (χ1v) is 7.55. The van der Waals surface area contributed by atoms with Gasteiger partial charge in [0, 0.05) is 13.0 Å². The summed E-state index contributed by atoms with van der Waals surface area (Å²) in [5.74, 6) is 0.806. The van der Waals surface area contributed by atoms with Crippen LogP contribution in [0.25, 0.3) is 0 Å². The predicted octanol–water partition coefficient (Wildman–Crippen LogP) is 2.91. The SMILES string of the molecule is CCCn1ncc(Cl)c1C(=O)CCC1CCNCC1. The van der Waals surface area contributed by atoms with E-state index in [1.165, 1.54) is 12.8 Å². The van der Waals surface area contributed by atoms with E-state index in [9.17, 15) is 4.79 Å². The molecule has 2 heterocycles. The van der Waals surface area contributed by atoms with Crippen LogP contribution in [0.3, 0.4) is 0 Å². The average molecular weight is 284 g/mol. The zero-order valence-corrected chi connectivity index (χ0v) is 12.2. The van der Waals surface area contributed by atoms with Crippen LogP contribution in [-0.2, 0) is 6.54 Å². The first-order valence-electron chi connectivity index (χ1n) is 7.17. The van der Waals surface area contributed by atoms with Crippen molar-refractivity contribution in [1.29, 1.82) is 0 Å². The minimum atomic E-state index is 0.134. The van der Waals surface area contributed by atoms with Gasteiger partial charge < -0.3 is 5.32 Å². The van der Waals surface area contributed by atoms with E-state index in [0.717, 1.165) is 32.5 Å². The highest BCUT2D eigenvalue weighted by Gasteiger charge is 2.19. The molecule has 2 rings (SSSR count). The van der Waals surface area contributed by atoms with Gasteiger partial charge in [-0.1, -0.05) is 18.5 Å². The fraction of sp³-hybridized carbons (Fsp3) is 0.714. The molecule has 19 heavy (non-hydrogen) atoms. The van der Waals surface area contributed by atoms with Crippen LogP contribution < -0.4 is 5.32 Å². The van der Waals surface area contributed by atoms with Crippen molar-refractivity contribution >= 4 is 17.4 Å². The number of aryl methyl sites for hydroxylation is 1. The smallest absolute Gasteiger partial charge is 0.182 e. The first-order chi connectivity index (χ1) is 9.22. The number of carbonyl (C=O) groups is 1. The normalized spacial score (nSPS) is 16.7. The third-order valence-electron chi connectivity index (χ3n) is 3.73. The van der Waals surface area contributed by atoms with Gasteiger partial charge in [-0.3, -0.25) is 9.48 Å². The third-order valence-corrected chi connectivity index (χ3v) is 4.01. The van der Waals surface area contributed by atoms with Crippen molar-refractivity contribution in [1.82, 2.24) is 15.1 Å². The Morgan fingerprint density at radius 3 is 2.95 bits per heavy atom. The van der Waals surface area contributed by atoms with Gasteiger partial charge in [0.25, 0.3) is 0 Å². The van der Waals surface area contributed by atoms with Crippen molar-refractivity contribution in [3.05, 3.63) is 16.9 Å². The fourth-order valence-corrected chi connectivity index (χ4v) is 2.89. The number of hydrogen-bond acceptors (Lipinski definition) is 3. The molecule has 0 radical (unpaired) electrons. The highest BCUT2D eigenvalue weighted by Crippen LogP contribution is 2.22. The summed E-state index contributed by atoms with van der Waals surface area (Å²) >= 11 is 6.08. The van der Waals surface area contributed by atoms with Crippen LogP contribution in [0, 0.1) is 5.92 Å². The zero-order chi connectivity index (χ0) is 13.7. The van der Waals surface area contributed by atoms with Gasteiger partial charge in [-0.25, -0.2) is 0 Å². The number of nitrogens with zero attached hydrogens (tertiary/aromatic N) is 2. The second-order valence-corrected chi connectivity index (χ2v) is 5.63. The lowest BCUT2D eigenvalue weighted by Gasteiger charge is -2.22. The summed E-state index contributed by atoms with van der Waals surface area (Å²) in [7, 11) is 0. The quantitative estimate of drug-likeness (QED) is 0.817. The first kappa shape index (κ1) is 14.5. The molecule has 5 heteroatoms. The maximum atomic E-state index is 12.3. The minimum absolute atomic E-state index is 0.134. The Labute approximate surface area is 119 Å². The molecule has 0 unspecified atom stereocenters. The molecular formula is C14H22ClN3O. The molecule has 1 aromatic heterocycles. The van der Waals surface area contributed by atoms with E-state index in [-0.39, 0.29) is 5.78 Å². The lowest BCUT2D eigenvalue weighted by molar-refractivity contribution is 0.0960.